The smallest absolute Gasteiger partial charge is 0.121 e. The lowest BCUT2D eigenvalue weighted by Gasteiger charge is -2.06. The monoisotopic (exact) mass is 289 g/mol. The Morgan fingerprint density at radius 1 is 1.16 bits per heavy atom. The Morgan fingerprint density at radius 3 is 2.84 bits per heavy atom. The summed E-state index contributed by atoms with van der Waals surface area (Å²) in [7, 11) is 0. The Kier molecular flexibility index (Phi) is 3.32. The van der Waals surface area contributed by atoms with Crippen LogP contribution in [0.5, 0.6) is 5.75 Å². The molecule has 1 heterocycles. The number of hydrogen-bond acceptors (Lipinski definition) is 3. The quantitative estimate of drug-likeness (QED) is 0.708. The van der Waals surface area contributed by atoms with Crippen LogP contribution in [-0.4, -0.2) is 0 Å². The van der Waals surface area contributed by atoms with Gasteiger partial charge in [-0.05, 0) is 29.6 Å². The van der Waals surface area contributed by atoms with Gasteiger partial charge in [-0.15, -0.1) is 11.3 Å². The molecule has 2 nitrogen and oxygen atoms in total. The zero-order valence-electron chi connectivity index (χ0n) is 10.1. The number of hydrogen-bond donors (Lipinski definition) is 1. The molecule has 3 aromatic rings. The highest BCUT2D eigenvalue weighted by Gasteiger charge is 2.06. The molecule has 0 aliphatic carbocycles. The van der Waals surface area contributed by atoms with E-state index < -0.39 is 0 Å². The summed E-state index contributed by atoms with van der Waals surface area (Å²) in [5.74, 6) is 0.774. The molecular weight excluding hydrogens is 278 g/mol. The summed E-state index contributed by atoms with van der Waals surface area (Å²) in [5.41, 5.74) is 7.91. The number of nitrogens with two attached hydrogens (primary N) is 1. The molecular formula is C15H12ClNOS. The highest BCUT2D eigenvalue weighted by molar-refractivity contribution is 7.18. The van der Waals surface area contributed by atoms with Gasteiger partial charge in [0.2, 0.25) is 0 Å². The van der Waals surface area contributed by atoms with Crippen molar-refractivity contribution < 1.29 is 4.74 Å². The molecule has 0 aliphatic heterocycles. The highest BCUT2D eigenvalue weighted by Crippen LogP contribution is 2.31. The maximum atomic E-state index is 5.95. The fourth-order valence-corrected chi connectivity index (χ4v) is 3.13. The summed E-state index contributed by atoms with van der Waals surface area (Å²) in [5, 5.41) is 3.93. The van der Waals surface area contributed by atoms with Crippen LogP contribution < -0.4 is 10.5 Å². The lowest BCUT2D eigenvalue weighted by Crippen LogP contribution is -1.94. The van der Waals surface area contributed by atoms with Crippen molar-refractivity contribution in [3.63, 3.8) is 0 Å². The van der Waals surface area contributed by atoms with Gasteiger partial charge in [-0.2, -0.15) is 0 Å². The van der Waals surface area contributed by atoms with Crippen LogP contribution in [0.2, 0.25) is 5.02 Å². The van der Waals surface area contributed by atoms with Gasteiger partial charge in [0.25, 0.3) is 0 Å². The topological polar surface area (TPSA) is 35.2 Å². The average Bonchev–Trinajstić information content (AvgIpc) is 2.81. The Morgan fingerprint density at radius 2 is 2.00 bits per heavy atom. The highest BCUT2D eigenvalue weighted by atomic mass is 35.5. The minimum atomic E-state index is 0.518. The predicted octanol–water partition coefficient (Wildman–Crippen LogP) is 4.72. The summed E-state index contributed by atoms with van der Waals surface area (Å²) in [4.78, 5) is 0. The number of anilines is 1. The van der Waals surface area contributed by atoms with Crippen molar-refractivity contribution in [3.8, 4) is 5.75 Å². The van der Waals surface area contributed by atoms with Gasteiger partial charge < -0.3 is 10.5 Å². The van der Waals surface area contributed by atoms with Gasteiger partial charge in [0.15, 0.2) is 0 Å². The van der Waals surface area contributed by atoms with Crippen LogP contribution >= 0.6 is 22.9 Å². The molecule has 3 rings (SSSR count). The van der Waals surface area contributed by atoms with E-state index in [0.717, 1.165) is 27.1 Å². The zero-order valence-corrected chi connectivity index (χ0v) is 11.7. The second-order valence-electron chi connectivity index (χ2n) is 4.23. The number of ether oxygens (including phenoxy) is 1. The first-order valence-corrected chi connectivity index (χ1v) is 7.13. The molecule has 96 valence electrons. The van der Waals surface area contributed by atoms with Crippen molar-refractivity contribution >= 4 is 38.7 Å². The number of nitrogen functional groups attached to an aromatic ring is 1. The lowest BCUT2D eigenvalue weighted by molar-refractivity contribution is 0.308. The molecule has 0 amide bonds. The van der Waals surface area contributed by atoms with Crippen molar-refractivity contribution in [1.29, 1.82) is 0 Å². The predicted molar refractivity (Wildman–Crippen MR) is 82.0 cm³/mol. The molecule has 0 saturated carbocycles. The molecule has 2 N–H and O–H groups in total. The fraction of sp³-hybridized carbons (Fsp3) is 0.0667. The molecule has 0 atom stereocenters. The van der Waals surface area contributed by atoms with Gasteiger partial charge in [-0.25, -0.2) is 0 Å². The largest absolute Gasteiger partial charge is 0.489 e. The number of thiophene rings is 1. The van der Waals surface area contributed by atoms with Gasteiger partial charge in [0.05, 0.1) is 4.70 Å². The van der Waals surface area contributed by atoms with E-state index >= 15 is 0 Å². The number of fused-ring (bicyclic) bond motifs is 1. The number of rotatable bonds is 3. The van der Waals surface area contributed by atoms with Gasteiger partial charge in [0, 0.05) is 21.7 Å². The van der Waals surface area contributed by atoms with E-state index in [0.29, 0.717) is 11.6 Å². The van der Waals surface area contributed by atoms with E-state index in [1.165, 1.54) is 0 Å². The normalized spacial score (nSPS) is 10.8. The van der Waals surface area contributed by atoms with Crippen LogP contribution in [0, 0.1) is 0 Å². The van der Waals surface area contributed by atoms with Crippen LogP contribution in [-0.2, 0) is 6.61 Å². The summed E-state index contributed by atoms with van der Waals surface area (Å²) < 4.78 is 6.88. The molecule has 0 unspecified atom stereocenters. The molecule has 0 bridgehead atoms. The van der Waals surface area contributed by atoms with Crippen LogP contribution in [0.1, 0.15) is 5.56 Å². The Hall–Kier alpha value is -1.71. The third kappa shape index (κ3) is 2.53. The summed E-state index contributed by atoms with van der Waals surface area (Å²) in [6.07, 6.45) is 0. The first-order valence-electron chi connectivity index (χ1n) is 5.87. The molecule has 0 fully saturated rings. The van der Waals surface area contributed by atoms with Gasteiger partial charge >= 0.3 is 0 Å². The Balaban J connectivity index is 1.84. The molecule has 19 heavy (non-hydrogen) atoms. The maximum Gasteiger partial charge on any atom is 0.121 e. The van der Waals surface area contributed by atoms with Crippen molar-refractivity contribution in [2.24, 2.45) is 0 Å². The fourth-order valence-electron chi connectivity index (χ4n) is 1.96. The summed E-state index contributed by atoms with van der Waals surface area (Å²) in [6, 6.07) is 13.4. The molecule has 2 aromatic carbocycles. The summed E-state index contributed by atoms with van der Waals surface area (Å²) in [6.45, 7) is 0.518. The van der Waals surface area contributed by atoms with Crippen molar-refractivity contribution in [1.82, 2.24) is 0 Å². The van der Waals surface area contributed by atoms with E-state index in [1.54, 1.807) is 11.3 Å². The minimum absolute atomic E-state index is 0.518. The van der Waals surface area contributed by atoms with E-state index in [2.05, 4.69) is 11.4 Å². The van der Waals surface area contributed by atoms with Crippen molar-refractivity contribution in [2.75, 3.05) is 5.73 Å². The first kappa shape index (κ1) is 12.3. The second-order valence-corrected chi connectivity index (χ2v) is 5.55. The van der Waals surface area contributed by atoms with Crippen LogP contribution in [0.15, 0.2) is 47.8 Å². The first-order chi connectivity index (χ1) is 9.24. The lowest BCUT2D eigenvalue weighted by atomic mass is 10.2. The third-order valence-electron chi connectivity index (χ3n) is 2.90. The Labute approximate surface area is 120 Å². The van der Waals surface area contributed by atoms with Crippen LogP contribution in [0.4, 0.5) is 5.69 Å². The van der Waals surface area contributed by atoms with Crippen LogP contribution in [0.3, 0.4) is 0 Å². The van der Waals surface area contributed by atoms with Gasteiger partial charge in [0.1, 0.15) is 12.4 Å². The molecule has 4 heteroatoms. The van der Waals surface area contributed by atoms with E-state index in [4.69, 9.17) is 22.1 Å². The van der Waals surface area contributed by atoms with Gasteiger partial charge in [-0.1, -0.05) is 29.8 Å². The van der Waals surface area contributed by atoms with E-state index in [-0.39, 0.29) is 0 Å². The number of halogens is 1. The van der Waals surface area contributed by atoms with E-state index in [9.17, 15) is 0 Å². The minimum Gasteiger partial charge on any atom is -0.489 e. The average molecular weight is 290 g/mol. The SMILES string of the molecule is Nc1cccc2c(COc3cccc(Cl)c3)csc12. The van der Waals surface area contributed by atoms with Crippen molar-refractivity contribution in [3.05, 3.63) is 58.4 Å². The molecule has 1 aromatic heterocycles. The molecule has 0 radical (unpaired) electrons. The number of benzene rings is 2. The molecule has 0 aliphatic rings. The Bertz CT molecular complexity index is 723. The maximum absolute atomic E-state index is 5.95. The standard InChI is InChI=1S/C15H12ClNOS/c16-11-3-1-4-12(7-11)18-8-10-9-19-15-13(10)5-2-6-14(15)17/h1-7,9H,8,17H2. The summed E-state index contributed by atoms with van der Waals surface area (Å²) >= 11 is 7.57. The molecule has 0 saturated heterocycles. The zero-order chi connectivity index (χ0) is 13.2. The molecule has 0 spiro atoms. The third-order valence-corrected chi connectivity index (χ3v) is 4.23. The van der Waals surface area contributed by atoms with Gasteiger partial charge in [-0.3, -0.25) is 0 Å². The van der Waals surface area contributed by atoms with Crippen LogP contribution in [0.25, 0.3) is 10.1 Å². The van der Waals surface area contributed by atoms with Crippen molar-refractivity contribution in [2.45, 2.75) is 6.61 Å². The second kappa shape index (κ2) is 5.11. The van der Waals surface area contributed by atoms with E-state index in [1.807, 2.05) is 36.4 Å².